The lowest BCUT2D eigenvalue weighted by Gasteiger charge is -1.98. The Balaban J connectivity index is 2.15. The molecule has 0 saturated carbocycles. The van der Waals surface area contributed by atoms with Crippen molar-refractivity contribution in [2.75, 3.05) is 0 Å². The maximum Gasteiger partial charge on any atom is 0.332 e. The molecule has 0 aliphatic carbocycles. The van der Waals surface area contributed by atoms with Crippen molar-refractivity contribution in [1.82, 2.24) is 14.8 Å². The zero-order chi connectivity index (χ0) is 9.10. The first-order chi connectivity index (χ1) is 6.34. The van der Waals surface area contributed by atoms with Crippen molar-refractivity contribution in [2.24, 2.45) is 0 Å². The van der Waals surface area contributed by atoms with Crippen LogP contribution in [0.1, 0.15) is 5.56 Å². The third kappa shape index (κ3) is 1.84. The molecule has 0 amide bonds. The average molecular weight is 175 g/mol. The first-order valence-electron chi connectivity index (χ1n) is 3.97. The summed E-state index contributed by atoms with van der Waals surface area (Å²) >= 11 is 0. The number of rotatable bonds is 2. The second kappa shape index (κ2) is 3.26. The Kier molecular flexibility index (Phi) is 1.96. The number of hydrogen-bond acceptors (Lipinski definition) is 3. The van der Waals surface area contributed by atoms with E-state index < -0.39 is 0 Å². The largest absolute Gasteiger partial charge is 0.478 e. The molecule has 4 nitrogen and oxygen atoms in total. The Hall–Kier alpha value is -1.84. The lowest BCUT2D eigenvalue weighted by atomic mass is 10.2. The summed E-state index contributed by atoms with van der Waals surface area (Å²) in [7, 11) is 0. The summed E-state index contributed by atoms with van der Waals surface area (Å²) in [6.45, 7) is 0.633. The smallest absolute Gasteiger partial charge is 0.332 e. The molecule has 1 N–H and O–H groups in total. The lowest BCUT2D eigenvalue weighted by Crippen LogP contribution is -1.99. The summed E-state index contributed by atoms with van der Waals surface area (Å²) < 4.78 is 1.59. The van der Waals surface area contributed by atoms with Gasteiger partial charge in [0.2, 0.25) is 0 Å². The minimum absolute atomic E-state index is 0.184. The predicted molar refractivity (Wildman–Crippen MR) is 47.2 cm³/mol. The molecule has 1 aromatic heterocycles. The highest BCUT2D eigenvalue weighted by Gasteiger charge is 1.97. The zero-order valence-corrected chi connectivity index (χ0v) is 6.96. The van der Waals surface area contributed by atoms with Crippen LogP contribution in [0.2, 0.25) is 0 Å². The Morgan fingerprint density at radius 1 is 1.23 bits per heavy atom. The molecule has 0 atom stereocenters. The van der Waals surface area contributed by atoms with Crippen molar-refractivity contribution in [1.29, 1.82) is 0 Å². The Bertz CT molecular complexity index is 383. The molecule has 0 unspecified atom stereocenters. The van der Waals surface area contributed by atoms with E-state index in [1.54, 1.807) is 4.68 Å². The first-order valence-corrected chi connectivity index (χ1v) is 3.97. The van der Waals surface area contributed by atoms with Gasteiger partial charge in [0.25, 0.3) is 0 Å². The third-order valence-electron chi connectivity index (χ3n) is 1.71. The number of nitrogens with zero attached hydrogens (tertiary/aromatic N) is 3. The van der Waals surface area contributed by atoms with Crippen molar-refractivity contribution in [3.8, 4) is 6.01 Å². The monoisotopic (exact) mass is 175 g/mol. The fourth-order valence-electron chi connectivity index (χ4n) is 1.13. The molecule has 0 fully saturated rings. The molecule has 2 aromatic rings. The van der Waals surface area contributed by atoms with Crippen LogP contribution in [0.4, 0.5) is 0 Å². The van der Waals surface area contributed by atoms with E-state index >= 15 is 0 Å². The highest BCUT2D eigenvalue weighted by atomic mass is 16.3. The minimum Gasteiger partial charge on any atom is -0.478 e. The van der Waals surface area contributed by atoms with Crippen LogP contribution in [0.25, 0.3) is 0 Å². The van der Waals surface area contributed by atoms with Gasteiger partial charge in [0.15, 0.2) is 0 Å². The van der Waals surface area contributed by atoms with Gasteiger partial charge in [-0.05, 0) is 5.56 Å². The SMILES string of the molecule is Oc1ncn(Cc2ccccc2)n1. The van der Waals surface area contributed by atoms with Crippen LogP contribution in [0.3, 0.4) is 0 Å². The van der Waals surface area contributed by atoms with Crippen LogP contribution in [-0.2, 0) is 6.54 Å². The molecule has 13 heavy (non-hydrogen) atoms. The van der Waals surface area contributed by atoms with Crippen LogP contribution in [0.15, 0.2) is 36.7 Å². The van der Waals surface area contributed by atoms with Crippen LogP contribution in [-0.4, -0.2) is 19.9 Å². The topological polar surface area (TPSA) is 50.9 Å². The van der Waals surface area contributed by atoms with Gasteiger partial charge in [0.1, 0.15) is 6.33 Å². The molecular weight excluding hydrogens is 166 g/mol. The van der Waals surface area contributed by atoms with Gasteiger partial charge in [0, 0.05) is 0 Å². The van der Waals surface area contributed by atoms with E-state index in [1.807, 2.05) is 30.3 Å². The molecule has 0 aliphatic rings. The Morgan fingerprint density at radius 2 is 2.00 bits per heavy atom. The van der Waals surface area contributed by atoms with Crippen molar-refractivity contribution in [3.63, 3.8) is 0 Å². The molecule has 0 bridgehead atoms. The second-order valence-corrected chi connectivity index (χ2v) is 2.73. The molecule has 1 heterocycles. The molecule has 2 rings (SSSR count). The van der Waals surface area contributed by atoms with Gasteiger partial charge in [0.05, 0.1) is 6.54 Å². The minimum atomic E-state index is -0.184. The van der Waals surface area contributed by atoms with Crippen molar-refractivity contribution < 1.29 is 5.11 Å². The molecule has 66 valence electrons. The molecule has 0 radical (unpaired) electrons. The normalized spacial score (nSPS) is 10.2. The summed E-state index contributed by atoms with van der Waals surface area (Å²) in [6, 6.07) is 9.70. The van der Waals surface area contributed by atoms with Gasteiger partial charge in [-0.2, -0.15) is 4.98 Å². The quantitative estimate of drug-likeness (QED) is 0.741. The lowest BCUT2D eigenvalue weighted by molar-refractivity contribution is 0.425. The second-order valence-electron chi connectivity index (χ2n) is 2.73. The molecule has 1 aromatic carbocycles. The van der Waals surface area contributed by atoms with Gasteiger partial charge in [-0.3, -0.25) is 0 Å². The molecule has 0 saturated heterocycles. The summed E-state index contributed by atoms with van der Waals surface area (Å²) in [4.78, 5) is 3.62. The molecule has 0 aliphatic heterocycles. The molecule has 0 spiro atoms. The van der Waals surface area contributed by atoms with E-state index in [0.717, 1.165) is 5.56 Å². The van der Waals surface area contributed by atoms with Crippen molar-refractivity contribution in [2.45, 2.75) is 6.54 Å². The summed E-state index contributed by atoms with van der Waals surface area (Å²) in [5, 5.41) is 12.7. The number of benzene rings is 1. The molecule has 4 heteroatoms. The van der Waals surface area contributed by atoms with Crippen molar-refractivity contribution in [3.05, 3.63) is 42.2 Å². The van der Waals surface area contributed by atoms with Gasteiger partial charge in [-0.1, -0.05) is 30.3 Å². The fraction of sp³-hybridized carbons (Fsp3) is 0.111. The maximum absolute atomic E-state index is 8.89. The van der Waals surface area contributed by atoms with Gasteiger partial charge in [-0.25, -0.2) is 4.68 Å². The van der Waals surface area contributed by atoms with Crippen LogP contribution in [0.5, 0.6) is 6.01 Å². The van der Waals surface area contributed by atoms with E-state index in [-0.39, 0.29) is 6.01 Å². The summed E-state index contributed by atoms with van der Waals surface area (Å²) in [5.41, 5.74) is 1.13. The number of hydrogen-bond donors (Lipinski definition) is 1. The van der Waals surface area contributed by atoms with Crippen LogP contribution in [0, 0.1) is 0 Å². The van der Waals surface area contributed by atoms with Crippen LogP contribution >= 0.6 is 0 Å². The summed E-state index contributed by atoms with van der Waals surface area (Å²) in [6.07, 6.45) is 1.50. The van der Waals surface area contributed by atoms with E-state index in [0.29, 0.717) is 6.54 Å². The average Bonchev–Trinajstić information content (AvgIpc) is 2.53. The van der Waals surface area contributed by atoms with E-state index in [9.17, 15) is 0 Å². The van der Waals surface area contributed by atoms with E-state index in [2.05, 4.69) is 10.1 Å². The number of aromatic nitrogens is 3. The predicted octanol–water partition coefficient (Wildman–Crippen LogP) is 1.03. The maximum atomic E-state index is 8.89. The zero-order valence-electron chi connectivity index (χ0n) is 6.96. The highest BCUT2D eigenvalue weighted by molar-refractivity contribution is 5.14. The van der Waals surface area contributed by atoms with Gasteiger partial charge in [-0.15, -0.1) is 5.10 Å². The standard InChI is InChI=1S/C9H9N3O/c13-9-10-7-12(11-9)6-8-4-2-1-3-5-8/h1-5,7H,6H2,(H,11,13). The van der Waals surface area contributed by atoms with Gasteiger partial charge < -0.3 is 5.11 Å². The number of aromatic hydroxyl groups is 1. The van der Waals surface area contributed by atoms with E-state index in [4.69, 9.17) is 5.11 Å². The highest BCUT2D eigenvalue weighted by Crippen LogP contribution is 2.02. The van der Waals surface area contributed by atoms with E-state index in [1.165, 1.54) is 6.33 Å². The third-order valence-corrected chi connectivity index (χ3v) is 1.71. The summed E-state index contributed by atoms with van der Waals surface area (Å²) in [5.74, 6) is 0. The Labute approximate surface area is 75.5 Å². The fourth-order valence-corrected chi connectivity index (χ4v) is 1.13. The van der Waals surface area contributed by atoms with Gasteiger partial charge >= 0.3 is 6.01 Å². The molecular formula is C9H9N3O. The first kappa shape index (κ1) is 7.79. The Morgan fingerprint density at radius 3 is 2.62 bits per heavy atom. The van der Waals surface area contributed by atoms with Crippen molar-refractivity contribution >= 4 is 0 Å². The van der Waals surface area contributed by atoms with Crippen LogP contribution < -0.4 is 0 Å².